The second kappa shape index (κ2) is 4.58. The van der Waals surface area contributed by atoms with Gasteiger partial charge in [0.2, 0.25) is 0 Å². The molecule has 0 spiro atoms. The summed E-state index contributed by atoms with van der Waals surface area (Å²) < 4.78 is 1.10. The van der Waals surface area contributed by atoms with Gasteiger partial charge in [-0.25, -0.2) is 5.84 Å². The number of nitrogens with one attached hydrogen (secondary N) is 2. The van der Waals surface area contributed by atoms with Crippen LogP contribution in [0.25, 0.3) is 0 Å². The number of hydrazine groups is 1. The zero-order valence-corrected chi connectivity index (χ0v) is 9.15. The second-order valence-corrected chi connectivity index (χ2v) is 3.65. The van der Waals surface area contributed by atoms with Crippen molar-refractivity contribution in [1.29, 1.82) is 0 Å². The van der Waals surface area contributed by atoms with Crippen molar-refractivity contribution in [2.75, 3.05) is 5.32 Å². The summed E-state index contributed by atoms with van der Waals surface area (Å²) in [6, 6.07) is 7.82. The molecular weight excluding hydrogens is 285 g/mol. The molecule has 0 saturated carbocycles. The Morgan fingerprint density at radius 2 is 2.08 bits per heavy atom. The number of rotatable bonds is 1. The molecule has 1 rings (SSSR count). The second-order valence-electron chi connectivity index (χ2n) is 2.08. The number of nitrogens with two attached hydrogens (primary N) is 1. The predicted octanol–water partition coefficient (Wildman–Crippen LogP) is 1.45. The number of hydrogen-bond donors (Lipinski definition) is 3. The van der Waals surface area contributed by atoms with E-state index in [4.69, 9.17) is 18.1 Å². The van der Waals surface area contributed by atoms with Crippen LogP contribution in [0.3, 0.4) is 0 Å². The van der Waals surface area contributed by atoms with E-state index >= 15 is 0 Å². The fourth-order valence-electron chi connectivity index (χ4n) is 0.721. The standard InChI is InChI=1S/C7H8IN3S/c8-5-3-1-2-4-6(5)10-7(12)11-9/h1-4H,9H2,(H2,10,11,12). The molecule has 1 aromatic carbocycles. The van der Waals surface area contributed by atoms with Crippen molar-refractivity contribution in [3.05, 3.63) is 27.8 Å². The normalized spacial score (nSPS) is 9.17. The molecule has 3 nitrogen and oxygen atoms in total. The summed E-state index contributed by atoms with van der Waals surface area (Å²) in [5.41, 5.74) is 3.32. The van der Waals surface area contributed by atoms with Crippen LogP contribution in [0.4, 0.5) is 5.69 Å². The SMILES string of the molecule is NNC(=S)Nc1ccccc1I. The van der Waals surface area contributed by atoms with Gasteiger partial charge in [-0.2, -0.15) is 0 Å². The van der Waals surface area contributed by atoms with E-state index in [1.165, 1.54) is 0 Å². The molecule has 0 aromatic heterocycles. The van der Waals surface area contributed by atoms with Gasteiger partial charge >= 0.3 is 0 Å². The Balaban J connectivity index is 2.75. The van der Waals surface area contributed by atoms with E-state index in [9.17, 15) is 0 Å². The summed E-state index contributed by atoms with van der Waals surface area (Å²) in [5, 5.41) is 3.36. The van der Waals surface area contributed by atoms with Gasteiger partial charge in [-0.15, -0.1) is 0 Å². The maximum atomic E-state index is 5.11. The number of hydrogen-bond acceptors (Lipinski definition) is 2. The molecule has 0 atom stereocenters. The first kappa shape index (κ1) is 9.69. The number of para-hydroxylation sites is 1. The van der Waals surface area contributed by atoms with E-state index in [-0.39, 0.29) is 0 Å². The van der Waals surface area contributed by atoms with Crippen LogP contribution in [-0.4, -0.2) is 5.11 Å². The van der Waals surface area contributed by atoms with Gasteiger partial charge in [-0.3, -0.25) is 0 Å². The van der Waals surface area contributed by atoms with Crippen LogP contribution < -0.4 is 16.6 Å². The Bertz CT molecular complexity index is 290. The quantitative estimate of drug-likeness (QED) is 0.317. The highest BCUT2D eigenvalue weighted by atomic mass is 127. The van der Waals surface area contributed by atoms with Crippen molar-refractivity contribution in [3.63, 3.8) is 0 Å². The summed E-state index contributed by atoms with van der Waals surface area (Å²) in [4.78, 5) is 0. The summed E-state index contributed by atoms with van der Waals surface area (Å²) in [6.45, 7) is 0. The van der Waals surface area contributed by atoms with Crippen molar-refractivity contribution in [2.24, 2.45) is 5.84 Å². The minimum Gasteiger partial charge on any atom is -0.331 e. The van der Waals surface area contributed by atoms with E-state index in [1.807, 2.05) is 24.3 Å². The van der Waals surface area contributed by atoms with Gasteiger partial charge in [-0.1, -0.05) is 12.1 Å². The highest BCUT2D eigenvalue weighted by Gasteiger charge is 1.98. The predicted molar refractivity (Wildman–Crippen MR) is 62.7 cm³/mol. The molecule has 0 aliphatic carbocycles. The van der Waals surface area contributed by atoms with Crippen LogP contribution >= 0.6 is 34.8 Å². The summed E-state index contributed by atoms with van der Waals surface area (Å²) >= 11 is 7.07. The van der Waals surface area contributed by atoms with E-state index in [1.54, 1.807) is 0 Å². The Labute approximate surface area is 89.8 Å². The fourth-order valence-corrected chi connectivity index (χ4v) is 1.35. The summed E-state index contributed by atoms with van der Waals surface area (Å²) in [5.74, 6) is 5.11. The van der Waals surface area contributed by atoms with Crippen molar-refractivity contribution >= 4 is 45.6 Å². The lowest BCUT2D eigenvalue weighted by Gasteiger charge is -2.07. The molecule has 0 unspecified atom stereocenters. The summed E-state index contributed by atoms with van der Waals surface area (Å²) in [7, 11) is 0. The van der Waals surface area contributed by atoms with E-state index in [2.05, 4.69) is 33.3 Å². The first-order valence-electron chi connectivity index (χ1n) is 3.26. The van der Waals surface area contributed by atoms with Crippen LogP contribution in [0.1, 0.15) is 0 Å². The van der Waals surface area contributed by atoms with Gasteiger partial charge in [-0.05, 0) is 46.9 Å². The minimum absolute atomic E-state index is 0.416. The lowest BCUT2D eigenvalue weighted by molar-refractivity contribution is 1.04. The van der Waals surface area contributed by atoms with Crippen molar-refractivity contribution in [2.45, 2.75) is 0 Å². The molecule has 4 N–H and O–H groups in total. The van der Waals surface area contributed by atoms with Crippen LogP contribution in [0.2, 0.25) is 0 Å². The molecule has 0 bridgehead atoms. The van der Waals surface area contributed by atoms with Crippen molar-refractivity contribution in [1.82, 2.24) is 5.43 Å². The third-order valence-corrected chi connectivity index (χ3v) is 2.41. The molecule has 0 aliphatic rings. The maximum Gasteiger partial charge on any atom is 0.185 e. The Hall–Kier alpha value is -0.400. The lowest BCUT2D eigenvalue weighted by atomic mass is 10.3. The fraction of sp³-hybridized carbons (Fsp3) is 0. The maximum absolute atomic E-state index is 5.11. The number of anilines is 1. The van der Waals surface area contributed by atoms with Crippen LogP contribution in [0, 0.1) is 3.57 Å². The van der Waals surface area contributed by atoms with Gasteiger partial charge in [0.15, 0.2) is 5.11 Å². The van der Waals surface area contributed by atoms with E-state index < -0.39 is 0 Å². The number of benzene rings is 1. The molecule has 64 valence electrons. The molecular formula is C7H8IN3S. The van der Waals surface area contributed by atoms with E-state index in [0.29, 0.717) is 5.11 Å². The minimum atomic E-state index is 0.416. The molecule has 1 aromatic rings. The van der Waals surface area contributed by atoms with E-state index in [0.717, 1.165) is 9.26 Å². The van der Waals surface area contributed by atoms with Gasteiger partial charge in [0.1, 0.15) is 0 Å². The Morgan fingerprint density at radius 3 is 2.67 bits per heavy atom. The third-order valence-electron chi connectivity index (χ3n) is 1.25. The molecule has 0 fully saturated rings. The largest absolute Gasteiger partial charge is 0.331 e. The van der Waals surface area contributed by atoms with Gasteiger partial charge in [0.05, 0.1) is 5.69 Å². The van der Waals surface area contributed by atoms with Crippen molar-refractivity contribution in [3.8, 4) is 0 Å². The average molecular weight is 293 g/mol. The smallest absolute Gasteiger partial charge is 0.185 e. The molecule has 0 aliphatic heterocycles. The monoisotopic (exact) mass is 293 g/mol. The lowest BCUT2D eigenvalue weighted by Crippen LogP contribution is -2.34. The van der Waals surface area contributed by atoms with Gasteiger partial charge in [0, 0.05) is 3.57 Å². The Morgan fingerprint density at radius 1 is 1.42 bits per heavy atom. The van der Waals surface area contributed by atoms with Gasteiger partial charge < -0.3 is 10.7 Å². The molecule has 0 amide bonds. The zero-order valence-electron chi connectivity index (χ0n) is 6.17. The third kappa shape index (κ3) is 2.58. The molecule has 12 heavy (non-hydrogen) atoms. The highest BCUT2D eigenvalue weighted by molar-refractivity contribution is 14.1. The van der Waals surface area contributed by atoms with Gasteiger partial charge in [0.25, 0.3) is 0 Å². The summed E-state index contributed by atoms with van der Waals surface area (Å²) in [6.07, 6.45) is 0. The topological polar surface area (TPSA) is 50.1 Å². The van der Waals surface area contributed by atoms with Crippen LogP contribution in [-0.2, 0) is 0 Å². The Kier molecular flexibility index (Phi) is 3.70. The van der Waals surface area contributed by atoms with Crippen molar-refractivity contribution < 1.29 is 0 Å². The zero-order chi connectivity index (χ0) is 8.97. The van der Waals surface area contributed by atoms with Crippen LogP contribution in [0.5, 0.6) is 0 Å². The average Bonchev–Trinajstić information content (AvgIpc) is 2.09. The molecule has 0 radical (unpaired) electrons. The first-order valence-corrected chi connectivity index (χ1v) is 4.75. The molecule has 0 heterocycles. The highest BCUT2D eigenvalue weighted by Crippen LogP contribution is 2.16. The number of thiocarbonyl (C=S) groups is 1. The molecule has 5 heteroatoms. The molecule has 0 saturated heterocycles. The number of halogens is 1. The van der Waals surface area contributed by atoms with Crippen LogP contribution in [0.15, 0.2) is 24.3 Å². The first-order chi connectivity index (χ1) is 5.74.